The normalized spacial score (nSPS) is 29.4. The fourth-order valence-corrected chi connectivity index (χ4v) is 5.77. The van der Waals surface area contributed by atoms with E-state index in [9.17, 15) is 9.59 Å². The maximum absolute atomic E-state index is 12.7. The minimum atomic E-state index is -0.521. The molecule has 0 spiro atoms. The van der Waals surface area contributed by atoms with Gasteiger partial charge in [-0.3, -0.25) is 14.4 Å². The Morgan fingerprint density at radius 2 is 1.26 bits per heavy atom. The van der Waals surface area contributed by atoms with Gasteiger partial charge in [-0.25, -0.2) is 0 Å². The molecule has 0 bridgehead atoms. The van der Waals surface area contributed by atoms with Gasteiger partial charge in [0.15, 0.2) is 0 Å². The van der Waals surface area contributed by atoms with Crippen molar-refractivity contribution in [3.05, 3.63) is 0 Å². The van der Waals surface area contributed by atoms with Crippen LogP contribution in [0.1, 0.15) is 101 Å². The predicted octanol–water partition coefficient (Wildman–Crippen LogP) is 4.90. The second kappa shape index (κ2) is 12.3. The first kappa shape index (κ1) is 30.0. The average molecular weight is 499 g/mol. The third kappa shape index (κ3) is 7.88. The number of hydrogen-bond donors (Lipinski definition) is 0. The Morgan fingerprint density at radius 1 is 0.829 bits per heavy atom. The Bertz CT molecular complexity index is 708. The van der Waals surface area contributed by atoms with Crippen LogP contribution < -0.4 is 0 Å². The summed E-state index contributed by atoms with van der Waals surface area (Å²) < 4.78 is 11.6. The molecule has 0 amide bonds. The van der Waals surface area contributed by atoms with Crippen molar-refractivity contribution >= 4 is 11.9 Å². The molecule has 0 saturated carbocycles. The van der Waals surface area contributed by atoms with Crippen molar-refractivity contribution in [2.75, 3.05) is 13.7 Å². The molecule has 0 N–H and O–H groups in total. The van der Waals surface area contributed by atoms with Crippen molar-refractivity contribution in [3.63, 3.8) is 0 Å². The highest BCUT2D eigenvalue weighted by atomic mass is 16.7. The number of nitrogens with zero attached hydrogens (tertiary/aromatic N) is 2. The number of rotatable bonds is 10. The molecular weight excluding hydrogens is 448 g/mol. The molecule has 8 heteroatoms. The molecule has 4 atom stereocenters. The maximum Gasteiger partial charge on any atom is 0.317 e. The summed E-state index contributed by atoms with van der Waals surface area (Å²) in [6.07, 6.45) is 2.72. The fourth-order valence-electron chi connectivity index (χ4n) is 5.77. The summed E-state index contributed by atoms with van der Waals surface area (Å²) in [6.45, 7) is 19.8. The van der Waals surface area contributed by atoms with E-state index in [0.717, 1.165) is 6.42 Å². The Hall–Kier alpha value is -1.22. The van der Waals surface area contributed by atoms with E-state index in [2.05, 4.69) is 67.4 Å². The van der Waals surface area contributed by atoms with Crippen molar-refractivity contribution in [2.45, 2.75) is 136 Å². The van der Waals surface area contributed by atoms with Gasteiger partial charge in [0.05, 0.1) is 13.7 Å². The van der Waals surface area contributed by atoms with Crippen molar-refractivity contribution in [1.29, 1.82) is 0 Å². The van der Waals surface area contributed by atoms with Gasteiger partial charge in [0.1, 0.15) is 18.6 Å². The van der Waals surface area contributed by atoms with Gasteiger partial charge in [-0.2, -0.15) is 10.1 Å². The van der Waals surface area contributed by atoms with E-state index in [0.29, 0.717) is 44.1 Å². The SMILES string of the molecule is CCCON1C(C(C)C)CC(OC(=O)CC(=O)OC2CC(C(C)C)N(OC)C(C)(C)C2)CC1(C)C. The van der Waals surface area contributed by atoms with Gasteiger partial charge >= 0.3 is 11.9 Å². The van der Waals surface area contributed by atoms with Crippen LogP contribution in [0.3, 0.4) is 0 Å². The highest BCUT2D eigenvalue weighted by molar-refractivity contribution is 5.91. The van der Waals surface area contributed by atoms with Crippen LogP contribution in [0, 0.1) is 11.8 Å². The molecule has 0 radical (unpaired) electrons. The number of ether oxygens (including phenoxy) is 2. The van der Waals surface area contributed by atoms with Crippen molar-refractivity contribution in [2.24, 2.45) is 11.8 Å². The summed E-state index contributed by atoms with van der Waals surface area (Å²) in [4.78, 5) is 37.1. The lowest BCUT2D eigenvalue weighted by Crippen LogP contribution is -2.58. The van der Waals surface area contributed by atoms with Crippen LogP contribution in [0.25, 0.3) is 0 Å². The van der Waals surface area contributed by atoms with Crippen LogP contribution >= 0.6 is 0 Å². The Balaban J connectivity index is 1.95. The lowest BCUT2D eigenvalue weighted by molar-refractivity contribution is -0.274. The van der Waals surface area contributed by atoms with E-state index in [1.807, 2.05) is 5.06 Å². The van der Waals surface area contributed by atoms with E-state index in [1.165, 1.54) is 0 Å². The summed E-state index contributed by atoms with van der Waals surface area (Å²) in [5.74, 6) is -0.360. The zero-order chi connectivity index (χ0) is 26.6. The van der Waals surface area contributed by atoms with Gasteiger partial charge < -0.3 is 14.3 Å². The Morgan fingerprint density at radius 3 is 1.66 bits per heavy atom. The maximum atomic E-state index is 12.7. The zero-order valence-electron chi connectivity index (χ0n) is 23.8. The van der Waals surface area contributed by atoms with E-state index in [1.54, 1.807) is 7.11 Å². The third-order valence-corrected chi connectivity index (χ3v) is 7.31. The molecule has 0 aromatic carbocycles. The number of carbonyl (C=O) groups excluding carboxylic acids is 2. The van der Waals surface area contributed by atoms with Crippen LogP contribution in [-0.4, -0.2) is 71.2 Å². The first-order valence-electron chi connectivity index (χ1n) is 13.4. The highest BCUT2D eigenvalue weighted by Crippen LogP contribution is 2.38. The molecule has 0 aromatic rings. The molecule has 35 heavy (non-hydrogen) atoms. The molecule has 2 aliphatic rings. The largest absolute Gasteiger partial charge is 0.462 e. The van der Waals surface area contributed by atoms with Crippen LogP contribution in [0.2, 0.25) is 0 Å². The van der Waals surface area contributed by atoms with E-state index in [-0.39, 0.29) is 41.8 Å². The quantitative estimate of drug-likeness (QED) is 0.311. The van der Waals surface area contributed by atoms with E-state index in [4.69, 9.17) is 19.1 Å². The van der Waals surface area contributed by atoms with Gasteiger partial charge in [-0.1, -0.05) is 34.6 Å². The summed E-state index contributed by atoms with van der Waals surface area (Å²) in [6, 6.07) is 0.264. The monoisotopic (exact) mass is 498 g/mol. The van der Waals surface area contributed by atoms with E-state index >= 15 is 0 Å². The van der Waals surface area contributed by atoms with Crippen molar-refractivity contribution < 1.29 is 28.7 Å². The first-order valence-corrected chi connectivity index (χ1v) is 13.4. The van der Waals surface area contributed by atoms with Gasteiger partial charge in [0.25, 0.3) is 0 Å². The summed E-state index contributed by atoms with van der Waals surface area (Å²) in [7, 11) is 1.69. The molecule has 2 heterocycles. The number of piperidine rings is 2. The molecule has 2 aliphatic heterocycles. The zero-order valence-corrected chi connectivity index (χ0v) is 23.8. The Labute approximate surface area is 212 Å². The molecule has 0 aliphatic carbocycles. The molecular formula is C27H50N2O6. The molecule has 204 valence electrons. The second-order valence-corrected chi connectivity index (χ2v) is 12.2. The predicted molar refractivity (Wildman–Crippen MR) is 135 cm³/mol. The number of hydroxylamine groups is 4. The van der Waals surface area contributed by atoms with Gasteiger partial charge in [0, 0.05) is 48.8 Å². The second-order valence-electron chi connectivity index (χ2n) is 12.2. The summed E-state index contributed by atoms with van der Waals surface area (Å²) >= 11 is 0. The standard InChI is InChI=1S/C27H50N2O6/c1-11-12-33-29-23(19(4)5)14-21(17-27(29,8)9)35-25(31)15-24(30)34-20-13-22(18(2)3)28(32-10)26(6,7)16-20/h18-23H,11-17H2,1-10H3. The average Bonchev–Trinajstić information content (AvgIpc) is 2.70. The van der Waals surface area contributed by atoms with Gasteiger partial charge in [-0.05, 0) is 46.0 Å². The highest BCUT2D eigenvalue weighted by Gasteiger charge is 2.46. The topological polar surface area (TPSA) is 77.5 Å². The van der Waals surface area contributed by atoms with Crippen LogP contribution in [-0.2, 0) is 28.7 Å². The van der Waals surface area contributed by atoms with Gasteiger partial charge in [0.2, 0.25) is 0 Å². The third-order valence-electron chi connectivity index (χ3n) is 7.31. The van der Waals surface area contributed by atoms with E-state index < -0.39 is 11.9 Å². The molecule has 0 aromatic heterocycles. The molecule has 8 nitrogen and oxygen atoms in total. The number of esters is 2. The van der Waals surface area contributed by atoms with Crippen LogP contribution in [0.15, 0.2) is 0 Å². The summed E-state index contributed by atoms with van der Waals surface area (Å²) in [5.41, 5.74) is -0.556. The van der Waals surface area contributed by atoms with Crippen LogP contribution in [0.5, 0.6) is 0 Å². The fraction of sp³-hybridized carbons (Fsp3) is 0.926. The smallest absolute Gasteiger partial charge is 0.317 e. The molecule has 2 rings (SSSR count). The Kier molecular flexibility index (Phi) is 10.6. The lowest BCUT2D eigenvalue weighted by Gasteiger charge is -2.50. The van der Waals surface area contributed by atoms with Crippen molar-refractivity contribution in [3.8, 4) is 0 Å². The first-order chi connectivity index (χ1) is 16.2. The number of carbonyl (C=O) groups is 2. The van der Waals surface area contributed by atoms with Crippen molar-refractivity contribution in [1.82, 2.24) is 10.1 Å². The molecule has 2 fully saturated rings. The number of hydrogen-bond acceptors (Lipinski definition) is 8. The van der Waals surface area contributed by atoms with Crippen LogP contribution in [0.4, 0.5) is 0 Å². The minimum Gasteiger partial charge on any atom is -0.462 e. The molecule has 4 unspecified atom stereocenters. The molecule has 2 saturated heterocycles. The van der Waals surface area contributed by atoms with Gasteiger partial charge in [-0.15, -0.1) is 0 Å². The minimum absolute atomic E-state index is 0.129. The lowest BCUT2D eigenvalue weighted by atomic mass is 9.82. The summed E-state index contributed by atoms with van der Waals surface area (Å²) in [5, 5.41) is 4.11.